The van der Waals surface area contributed by atoms with Crippen LogP contribution < -0.4 is 4.90 Å². The molecule has 1 fully saturated rings. The third kappa shape index (κ3) is 3.49. The lowest BCUT2D eigenvalue weighted by atomic mass is 9.94. The van der Waals surface area contributed by atoms with E-state index in [0.29, 0.717) is 42.9 Å². The molecule has 1 N–H and O–H groups in total. The van der Waals surface area contributed by atoms with Gasteiger partial charge in [0, 0.05) is 22.1 Å². The van der Waals surface area contributed by atoms with Gasteiger partial charge in [0.1, 0.15) is 0 Å². The summed E-state index contributed by atoms with van der Waals surface area (Å²) in [6, 6.07) is 20.5. The summed E-state index contributed by atoms with van der Waals surface area (Å²) < 4.78 is 0. The van der Waals surface area contributed by atoms with Crippen molar-refractivity contribution in [2.75, 3.05) is 39.3 Å². The highest BCUT2D eigenvalue weighted by Crippen LogP contribution is 2.29. The van der Waals surface area contributed by atoms with Crippen LogP contribution in [0.3, 0.4) is 0 Å². The zero-order valence-corrected chi connectivity index (χ0v) is 17.2. The second-order valence-corrected chi connectivity index (χ2v) is 8.13. The number of hydrogen-bond acceptors (Lipinski definition) is 3. The molecule has 0 bridgehead atoms. The Labute approximate surface area is 180 Å². The van der Waals surface area contributed by atoms with E-state index in [4.69, 9.17) is 0 Å². The minimum Gasteiger partial charge on any atom is -0.331 e. The van der Waals surface area contributed by atoms with Crippen molar-refractivity contribution >= 4 is 28.5 Å². The first-order valence-electron chi connectivity index (χ1n) is 10.7. The first kappa shape index (κ1) is 19.5. The molecule has 6 nitrogen and oxygen atoms in total. The maximum atomic E-state index is 13.0. The zero-order valence-electron chi connectivity index (χ0n) is 17.2. The van der Waals surface area contributed by atoms with Crippen LogP contribution in [0.5, 0.6) is 0 Å². The van der Waals surface area contributed by atoms with Crippen LogP contribution in [0.2, 0.25) is 0 Å². The van der Waals surface area contributed by atoms with Crippen LogP contribution in [-0.4, -0.2) is 66.8 Å². The minimum atomic E-state index is -0.216. The van der Waals surface area contributed by atoms with Crippen molar-refractivity contribution in [2.45, 2.75) is 0 Å². The van der Waals surface area contributed by atoms with E-state index < -0.39 is 0 Å². The number of benzene rings is 3. The van der Waals surface area contributed by atoms with Gasteiger partial charge in [-0.1, -0.05) is 42.5 Å². The second kappa shape index (κ2) is 7.96. The minimum absolute atomic E-state index is 0.0609. The van der Waals surface area contributed by atoms with Crippen molar-refractivity contribution in [1.82, 2.24) is 9.80 Å². The Balaban J connectivity index is 1.23. The molecule has 0 saturated carbocycles. The average Bonchev–Trinajstić information content (AvgIpc) is 2.83. The number of piperazine rings is 1. The fourth-order valence-corrected chi connectivity index (χ4v) is 4.59. The van der Waals surface area contributed by atoms with E-state index in [-0.39, 0.29) is 17.7 Å². The number of carbonyl (C=O) groups is 3. The highest BCUT2D eigenvalue weighted by molar-refractivity contribution is 6.25. The van der Waals surface area contributed by atoms with Crippen molar-refractivity contribution in [3.8, 4) is 0 Å². The molecular formula is C25H24N3O3+. The Morgan fingerprint density at radius 1 is 0.806 bits per heavy atom. The number of hydrogen-bond donors (Lipinski definition) is 1. The van der Waals surface area contributed by atoms with Gasteiger partial charge >= 0.3 is 0 Å². The quantitative estimate of drug-likeness (QED) is 0.658. The summed E-state index contributed by atoms with van der Waals surface area (Å²) in [7, 11) is 0. The van der Waals surface area contributed by atoms with E-state index in [0.717, 1.165) is 23.9 Å². The Kier molecular flexibility index (Phi) is 5.00. The fourth-order valence-electron chi connectivity index (χ4n) is 4.59. The van der Waals surface area contributed by atoms with E-state index in [2.05, 4.69) is 0 Å². The third-order valence-electron chi connectivity index (χ3n) is 6.32. The molecule has 0 radical (unpaired) electrons. The van der Waals surface area contributed by atoms with Crippen LogP contribution in [-0.2, 0) is 0 Å². The lowest BCUT2D eigenvalue weighted by Crippen LogP contribution is -3.15. The maximum Gasteiger partial charge on any atom is 0.261 e. The molecule has 0 aromatic heterocycles. The second-order valence-electron chi connectivity index (χ2n) is 8.13. The number of carbonyl (C=O) groups excluding carboxylic acids is 3. The summed E-state index contributed by atoms with van der Waals surface area (Å²) in [5.41, 5.74) is 1.91. The van der Waals surface area contributed by atoms with Gasteiger partial charge in [0.15, 0.2) is 0 Å². The van der Waals surface area contributed by atoms with Crippen molar-refractivity contribution in [3.05, 3.63) is 83.4 Å². The number of quaternary nitrogens is 1. The van der Waals surface area contributed by atoms with Gasteiger partial charge in [0.25, 0.3) is 17.7 Å². The van der Waals surface area contributed by atoms with E-state index in [1.54, 1.807) is 12.1 Å². The predicted molar refractivity (Wildman–Crippen MR) is 117 cm³/mol. The number of imide groups is 1. The van der Waals surface area contributed by atoms with E-state index >= 15 is 0 Å². The normalized spacial score (nSPS) is 16.8. The van der Waals surface area contributed by atoms with E-state index in [1.165, 1.54) is 9.80 Å². The summed E-state index contributed by atoms with van der Waals surface area (Å²) in [5, 5.41) is 1.68. The molecule has 3 amide bonds. The average molecular weight is 414 g/mol. The van der Waals surface area contributed by atoms with Crippen LogP contribution in [0.1, 0.15) is 31.1 Å². The van der Waals surface area contributed by atoms with Gasteiger partial charge in [-0.2, -0.15) is 0 Å². The molecule has 0 atom stereocenters. The van der Waals surface area contributed by atoms with Gasteiger partial charge < -0.3 is 9.80 Å². The van der Waals surface area contributed by atoms with Crippen LogP contribution in [0.15, 0.2) is 66.7 Å². The van der Waals surface area contributed by atoms with Crippen LogP contribution in [0, 0.1) is 0 Å². The number of amides is 3. The van der Waals surface area contributed by atoms with Crippen molar-refractivity contribution < 1.29 is 19.3 Å². The van der Waals surface area contributed by atoms with Crippen LogP contribution >= 0.6 is 0 Å². The molecule has 2 heterocycles. The smallest absolute Gasteiger partial charge is 0.261 e. The third-order valence-corrected chi connectivity index (χ3v) is 6.32. The highest BCUT2D eigenvalue weighted by atomic mass is 16.2. The van der Waals surface area contributed by atoms with Gasteiger partial charge in [0.2, 0.25) is 0 Å². The van der Waals surface area contributed by atoms with Gasteiger partial charge in [0.05, 0.1) is 39.3 Å². The van der Waals surface area contributed by atoms with E-state index in [9.17, 15) is 14.4 Å². The van der Waals surface area contributed by atoms with E-state index in [1.807, 2.05) is 59.5 Å². The maximum absolute atomic E-state index is 13.0. The molecule has 3 aromatic rings. The van der Waals surface area contributed by atoms with Gasteiger partial charge in [-0.15, -0.1) is 0 Å². The largest absolute Gasteiger partial charge is 0.331 e. The Hall–Kier alpha value is -3.51. The molecule has 2 aliphatic rings. The number of rotatable bonds is 4. The van der Waals surface area contributed by atoms with Crippen LogP contribution in [0.25, 0.3) is 10.8 Å². The lowest BCUT2D eigenvalue weighted by molar-refractivity contribution is -0.903. The molecule has 0 unspecified atom stereocenters. The highest BCUT2D eigenvalue weighted by Gasteiger charge is 2.33. The van der Waals surface area contributed by atoms with Crippen molar-refractivity contribution in [1.29, 1.82) is 0 Å². The SMILES string of the molecule is O=C(c1ccccc1)N1CC[NH+](CCN2C(=O)c3cccc4cccc(c34)C2=O)CC1. The standard InChI is InChI=1S/C25H23N3O3/c29-23(19-6-2-1-3-7-19)27-15-12-26(13-16-27)14-17-28-24(30)20-10-4-8-18-9-5-11-21(22(18)20)25(28)31/h1-11H,12-17H2/p+1. The molecule has 156 valence electrons. The van der Waals surface area contributed by atoms with Crippen molar-refractivity contribution in [2.24, 2.45) is 0 Å². The molecule has 31 heavy (non-hydrogen) atoms. The molecule has 2 aliphatic heterocycles. The first-order chi connectivity index (χ1) is 15.1. The molecule has 1 saturated heterocycles. The summed E-state index contributed by atoms with van der Waals surface area (Å²) in [6.45, 7) is 4.02. The molecule has 5 rings (SSSR count). The summed E-state index contributed by atoms with van der Waals surface area (Å²) in [6.07, 6.45) is 0. The molecule has 3 aromatic carbocycles. The number of nitrogens with zero attached hydrogens (tertiary/aromatic N) is 2. The molecule has 6 heteroatoms. The van der Waals surface area contributed by atoms with Gasteiger partial charge in [-0.3, -0.25) is 19.3 Å². The summed E-state index contributed by atoms with van der Waals surface area (Å²) in [4.78, 5) is 43.2. The zero-order chi connectivity index (χ0) is 21.4. The summed E-state index contributed by atoms with van der Waals surface area (Å²) >= 11 is 0. The molecular weight excluding hydrogens is 390 g/mol. The summed E-state index contributed by atoms with van der Waals surface area (Å²) in [5.74, 6) is -0.371. The van der Waals surface area contributed by atoms with Crippen molar-refractivity contribution in [3.63, 3.8) is 0 Å². The Morgan fingerprint density at radius 3 is 2.03 bits per heavy atom. The van der Waals surface area contributed by atoms with Gasteiger partial charge in [-0.05, 0) is 29.7 Å². The molecule has 0 spiro atoms. The fraction of sp³-hybridized carbons (Fsp3) is 0.240. The topological polar surface area (TPSA) is 62.1 Å². The lowest BCUT2D eigenvalue weighted by Gasteiger charge is -2.34. The monoisotopic (exact) mass is 414 g/mol. The van der Waals surface area contributed by atoms with Gasteiger partial charge in [-0.25, -0.2) is 0 Å². The number of nitrogens with one attached hydrogen (secondary N) is 1. The Morgan fingerprint density at radius 2 is 1.42 bits per heavy atom. The van der Waals surface area contributed by atoms with Crippen LogP contribution in [0.4, 0.5) is 0 Å². The first-order valence-corrected chi connectivity index (χ1v) is 10.7. The molecule has 0 aliphatic carbocycles. The Bertz CT molecular complexity index is 1120. The predicted octanol–water partition coefficient (Wildman–Crippen LogP) is 1.48.